The highest BCUT2D eigenvalue weighted by Gasteiger charge is 2.37. The van der Waals surface area contributed by atoms with Crippen LogP contribution >= 0.6 is 0 Å². The topological polar surface area (TPSA) is 29.3 Å². The summed E-state index contributed by atoms with van der Waals surface area (Å²) < 4.78 is 40.1. The van der Waals surface area contributed by atoms with Crippen LogP contribution in [-0.2, 0) is 12.6 Å². The number of benzene rings is 1. The minimum Gasteiger partial charge on any atom is -0.371 e. The molecule has 2 N–H and O–H groups in total. The van der Waals surface area contributed by atoms with Crippen LogP contribution in [0.3, 0.4) is 0 Å². The summed E-state index contributed by atoms with van der Waals surface area (Å²) in [6.07, 6.45) is -1.89. The van der Waals surface area contributed by atoms with Gasteiger partial charge in [0.2, 0.25) is 0 Å². The van der Waals surface area contributed by atoms with Crippen LogP contribution in [0.1, 0.15) is 37.8 Å². The molecule has 5 heteroatoms. The lowest BCUT2D eigenvalue weighted by Gasteiger charge is -2.40. The molecule has 0 unspecified atom stereocenters. The van der Waals surface area contributed by atoms with Crippen molar-refractivity contribution in [3.05, 3.63) is 29.3 Å². The first kappa shape index (κ1) is 16.1. The van der Waals surface area contributed by atoms with E-state index in [0.717, 1.165) is 12.8 Å². The number of anilines is 1. The SMILES string of the molecule is CC1(C)CCCN(c2ccc(CCN)cc2C(F)(F)F)C1. The van der Waals surface area contributed by atoms with Gasteiger partial charge in [0, 0.05) is 18.8 Å². The highest BCUT2D eigenvalue weighted by atomic mass is 19.4. The van der Waals surface area contributed by atoms with E-state index >= 15 is 0 Å². The van der Waals surface area contributed by atoms with Crippen LogP contribution in [0.4, 0.5) is 18.9 Å². The molecule has 1 fully saturated rings. The van der Waals surface area contributed by atoms with Crippen molar-refractivity contribution in [2.75, 3.05) is 24.5 Å². The molecular weight excluding hydrogens is 277 g/mol. The minimum atomic E-state index is -4.33. The maximum Gasteiger partial charge on any atom is 0.418 e. The van der Waals surface area contributed by atoms with Gasteiger partial charge in [0.25, 0.3) is 0 Å². The second-order valence-corrected chi connectivity index (χ2v) is 6.58. The Balaban J connectivity index is 2.38. The molecule has 1 aromatic rings. The number of nitrogens with zero attached hydrogens (tertiary/aromatic N) is 1. The Bertz CT molecular complexity index is 495. The van der Waals surface area contributed by atoms with E-state index in [1.165, 1.54) is 6.07 Å². The van der Waals surface area contributed by atoms with E-state index in [0.29, 0.717) is 37.3 Å². The highest BCUT2D eigenvalue weighted by molar-refractivity contribution is 5.57. The first-order valence-electron chi connectivity index (χ1n) is 7.38. The van der Waals surface area contributed by atoms with Crippen molar-refractivity contribution < 1.29 is 13.2 Å². The Morgan fingerprint density at radius 2 is 2.00 bits per heavy atom. The number of alkyl halides is 3. The normalized spacial score (nSPS) is 18.9. The zero-order chi connectivity index (χ0) is 15.7. The van der Waals surface area contributed by atoms with E-state index in [4.69, 9.17) is 5.73 Å². The van der Waals surface area contributed by atoms with E-state index in [9.17, 15) is 13.2 Å². The number of hydrogen-bond acceptors (Lipinski definition) is 2. The molecule has 1 aliphatic heterocycles. The van der Waals surface area contributed by atoms with Gasteiger partial charge in [-0.3, -0.25) is 0 Å². The smallest absolute Gasteiger partial charge is 0.371 e. The maximum atomic E-state index is 13.4. The van der Waals surface area contributed by atoms with Gasteiger partial charge in [0.15, 0.2) is 0 Å². The molecule has 1 aliphatic rings. The second kappa shape index (κ2) is 5.87. The van der Waals surface area contributed by atoms with Gasteiger partial charge in [0.05, 0.1) is 5.56 Å². The summed E-state index contributed by atoms with van der Waals surface area (Å²) in [6, 6.07) is 4.62. The average Bonchev–Trinajstić information content (AvgIpc) is 2.37. The van der Waals surface area contributed by atoms with Crippen molar-refractivity contribution in [3.63, 3.8) is 0 Å². The van der Waals surface area contributed by atoms with Crippen LogP contribution in [0, 0.1) is 5.41 Å². The van der Waals surface area contributed by atoms with Gasteiger partial charge in [-0.15, -0.1) is 0 Å². The fourth-order valence-electron chi connectivity index (χ4n) is 3.04. The third-order valence-electron chi connectivity index (χ3n) is 4.04. The summed E-state index contributed by atoms with van der Waals surface area (Å²) in [4.78, 5) is 1.87. The lowest BCUT2D eigenvalue weighted by atomic mass is 9.83. The average molecular weight is 300 g/mol. The number of piperidine rings is 1. The van der Waals surface area contributed by atoms with Crippen molar-refractivity contribution in [1.29, 1.82) is 0 Å². The van der Waals surface area contributed by atoms with E-state index in [1.54, 1.807) is 12.1 Å². The molecule has 0 atom stereocenters. The van der Waals surface area contributed by atoms with Gasteiger partial charge in [-0.2, -0.15) is 13.2 Å². The Morgan fingerprint density at radius 1 is 1.29 bits per heavy atom. The molecule has 1 heterocycles. The Morgan fingerprint density at radius 3 is 2.57 bits per heavy atom. The van der Waals surface area contributed by atoms with Crippen LogP contribution in [0.25, 0.3) is 0 Å². The molecule has 118 valence electrons. The predicted molar refractivity (Wildman–Crippen MR) is 79.4 cm³/mol. The highest BCUT2D eigenvalue weighted by Crippen LogP contribution is 2.40. The third-order valence-corrected chi connectivity index (χ3v) is 4.04. The van der Waals surface area contributed by atoms with Crippen LogP contribution in [0.15, 0.2) is 18.2 Å². The molecule has 2 nitrogen and oxygen atoms in total. The Labute approximate surface area is 124 Å². The van der Waals surface area contributed by atoms with Crippen LogP contribution in [-0.4, -0.2) is 19.6 Å². The van der Waals surface area contributed by atoms with Crippen molar-refractivity contribution in [2.45, 2.75) is 39.3 Å². The van der Waals surface area contributed by atoms with E-state index < -0.39 is 11.7 Å². The zero-order valence-corrected chi connectivity index (χ0v) is 12.6. The van der Waals surface area contributed by atoms with Crippen molar-refractivity contribution in [3.8, 4) is 0 Å². The first-order valence-corrected chi connectivity index (χ1v) is 7.38. The molecule has 0 saturated carbocycles. The summed E-state index contributed by atoms with van der Waals surface area (Å²) in [6.45, 7) is 5.91. The van der Waals surface area contributed by atoms with E-state index in [2.05, 4.69) is 13.8 Å². The minimum absolute atomic E-state index is 0.0526. The molecule has 1 aromatic carbocycles. The van der Waals surface area contributed by atoms with Crippen LogP contribution in [0.2, 0.25) is 0 Å². The van der Waals surface area contributed by atoms with E-state index in [1.807, 2.05) is 4.90 Å². The molecule has 2 rings (SSSR count). The Kier molecular flexibility index (Phi) is 4.51. The monoisotopic (exact) mass is 300 g/mol. The summed E-state index contributed by atoms with van der Waals surface area (Å²) in [5.41, 5.74) is 5.91. The lowest BCUT2D eigenvalue weighted by molar-refractivity contribution is -0.137. The molecule has 0 amide bonds. The molecule has 0 aliphatic carbocycles. The summed E-state index contributed by atoms with van der Waals surface area (Å²) >= 11 is 0. The van der Waals surface area contributed by atoms with Crippen LogP contribution in [0.5, 0.6) is 0 Å². The molecule has 21 heavy (non-hydrogen) atoms. The predicted octanol–water partition coefficient (Wildman–Crippen LogP) is 3.83. The van der Waals surface area contributed by atoms with Gasteiger partial charge in [-0.05, 0) is 48.9 Å². The second-order valence-electron chi connectivity index (χ2n) is 6.58. The number of rotatable bonds is 3. The summed E-state index contributed by atoms with van der Waals surface area (Å²) in [5, 5.41) is 0. The van der Waals surface area contributed by atoms with Gasteiger partial charge < -0.3 is 10.6 Å². The van der Waals surface area contributed by atoms with Crippen molar-refractivity contribution in [2.24, 2.45) is 11.1 Å². The van der Waals surface area contributed by atoms with Gasteiger partial charge >= 0.3 is 6.18 Å². The third kappa shape index (κ3) is 3.90. The standard InChI is InChI=1S/C16H23F3N2/c1-15(2)7-3-9-21(11-15)14-5-4-12(6-8-20)10-13(14)16(17,18)19/h4-5,10H,3,6-9,11,20H2,1-2H3. The van der Waals surface area contributed by atoms with Gasteiger partial charge in [-0.25, -0.2) is 0 Å². The number of nitrogens with two attached hydrogens (primary N) is 1. The molecule has 0 spiro atoms. The van der Waals surface area contributed by atoms with Gasteiger partial charge in [-0.1, -0.05) is 19.9 Å². The molecule has 0 bridgehead atoms. The first-order chi connectivity index (χ1) is 9.73. The fourth-order valence-corrected chi connectivity index (χ4v) is 3.04. The van der Waals surface area contributed by atoms with Crippen molar-refractivity contribution >= 4 is 5.69 Å². The van der Waals surface area contributed by atoms with Gasteiger partial charge in [0.1, 0.15) is 0 Å². The quantitative estimate of drug-likeness (QED) is 0.919. The molecule has 0 radical (unpaired) electrons. The molecular formula is C16H23F3N2. The largest absolute Gasteiger partial charge is 0.418 e. The molecule has 1 saturated heterocycles. The van der Waals surface area contributed by atoms with Crippen molar-refractivity contribution in [1.82, 2.24) is 0 Å². The number of halogens is 3. The maximum absolute atomic E-state index is 13.4. The molecule has 0 aromatic heterocycles. The lowest BCUT2D eigenvalue weighted by Crippen LogP contribution is -2.41. The van der Waals surface area contributed by atoms with Crippen LogP contribution < -0.4 is 10.6 Å². The summed E-state index contributed by atoms with van der Waals surface area (Å²) in [7, 11) is 0. The zero-order valence-electron chi connectivity index (χ0n) is 12.6. The Hall–Kier alpha value is -1.23. The number of hydrogen-bond donors (Lipinski definition) is 1. The summed E-state index contributed by atoms with van der Waals surface area (Å²) in [5.74, 6) is 0. The fraction of sp³-hybridized carbons (Fsp3) is 0.625. The van der Waals surface area contributed by atoms with E-state index in [-0.39, 0.29) is 5.41 Å².